The Hall–Kier alpha value is -3.17. The summed E-state index contributed by atoms with van der Waals surface area (Å²) in [4.78, 5) is 50.9. The number of nitrogens with one attached hydrogen (secondary N) is 1. The van der Waals surface area contributed by atoms with Crippen LogP contribution in [0.15, 0.2) is 45.3 Å². The summed E-state index contributed by atoms with van der Waals surface area (Å²) in [6, 6.07) is 10.1. The van der Waals surface area contributed by atoms with Crippen molar-refractivity contribution < 1.29 is 37.5 Å². The lowest BCUT2D eigenvalue weighted by molar-refractivity contribution is -0.192. The fraction of sp³-hybridized carbons (Fsp3) is 0.385. The molecule has 222 valence electrons. The van der Waals surface area contributed by atoms with Crippen LogP contribution in [-0.2, 0) is 16.0 Å². The molecule has 6 N–H and O–H groups in total. The molecule has 2 aliphatic heterocycles. The molecule has 0 saturated carbocycles. The van der Waals surface area contributed by atoms with Crippen LogP contribution in [-0.4, -0.2) is 76.5 Å². The number of hydrogen-bond donors (Lipinski definition) is 4. The van der Waals surface area contributed by atoms with Gasteiger partial charge in [0.15, 0.2) is 5.78 Å². The van der Waals surface area contributed by atoms with E-state index in [2.05, 4.69) is 37.2 Å². The van der Waals surface area contributed by atoms with Crippen molar-refractivity contribution in [1.29, 1.82) is 0 Å². The minimum atomic E-state index is -5.08. The maximum Gasteiger partial charge on any atom is 0.490 e. The number of piperidine rings is 1. The molecule has 1 saturated heterocycles. The predicted octanol–water partition coefficient (Wildman–Crippen LogP) is 4.41. The van der Waals surface area contributed by atoms with E-state index in [-0.39, 0.29) is 30.2 Å². The molecule has 2 aliphatic rings. The first-order valence-electron chi connectivity index (χ1n) is 12.5. The summed E-state index contributed by atoms with van der Waals surface area (Å²) < 4.78 is 32.9. The first-order chi connectivity index (χ1) is 19.2. The van der Waals surface area contributed by atoms with Crippen LogP contribution in [0.5, 0.6) is 0 Å². The number of fused-ring (bicyclic) bond motifs is 1. The summed E-state index contributed by atoms with van der Waals surface area (Å²) >= 11 is 6.67. The summed E-state index contributed by atoms with van der Waals surface area (Å²) in [5.74, 6) is -3.22. The maximum atomic E-state index is 12.9. The quantitative estimate of drug-likeness (QED) is 0.265. The average molecular weight is 707 g/mol. The van der Waals surface area contributed by atoms with Gasteiger partial charge in [0.2, 0.25) is 5.91 Å². The standard InChI is InChI=1S/C24H27Br2N5O3.C2HF3O2/c25-17-11-15(12-18(26)22(17)28)21(32)13-19(27)23(33)30-8-6-16(7-9-30)31-10-5-14-3-1-2-4-20(14)29-24(31)34;3-2(4,5)1(6)7/h1-4,11-12,16,19H,5-10,13,27-28H2,(H,29,34);(H,6,7)/t19-;/m1./s1. The Morgan fingerprint density at radius 1 is 1.07 bits per heavy atom. The third-order valence-corrected chi connectivity index (χ3v) is 8.04. The highest BCUT2D eigenvalue weighted by atomic mass is 79.9. The molecule has 0 spiro atoms. The van der Waals surface area contributed by atoms with E-state index in [1.807, 2.05) is 29.2 Å². The number of nitrogens with two attached hydrogens (primary N) is 2. The first kappa shape index (κ1) is 32.3. The van der Waals surface area contributed by atoms with Gasteiger partial charge in [-0.15, -0.1) is 0 Å². The summed E-state index contributed by atoms with van der Waals surface area (Å²) in [6.07, 6.45) is -3.03. The van der Waals surface area contributed by atoms with Crippen LogP contribution >= 0.6 is 31.9 Å². The van der Waals surface area contributed by atoms with Crippen LogP contribution in [0, 0.1) is 0 Å². The van der Waals surface area contributed by atoms with E-state index in [9.17, 15) is 27.6 Å². The number of carboxylic acids is 1. The minimum absolute atomic E-state index is 0.0562. The van der Waals surface area contributed by atoms with Crippen LogP contribution < -0.4 is 16.8 Å². The number of alkyl halides is 3. The highest BCUT2D eigenvalue weighted by molar-refractivity contribution is 9.11. The van der Waals surface area contributed by atoms with Crippen molar-refractivity contribution in [1.82, 2.24) is 9.80 Å². The van der Waals surface area contributed by atoms with Crippen molar-refractivity contribution in [2.45, 2.75) is 43.9 Å². The molecule has 0 bridgehead atoms. The van der Waals surface area contributed by atoms with Gasteiger partial charge in [-0.25, -0.2) is 9.59 Å². The van der Waals surface area contributed by atoms with E-state index in [1.165, 1.54) is 0 Å². The van der Waals surface area contributed by atoms with Crippen molar-refractivity contribution >= 4 is 66.9 Å². The number of carboxylic acid groups (broad SMARTS) is 1. The van der Waals surface area contributed by atoms with Crippen LogP contribution in [0.2, 0.25) is 0 Å². The topological polar surface area (TPSA) is 159 Å². The monoisotopic (exact) mass is 705 g/mol. The number of urea groups is 1. The molecule has 2 aromatic carbocycles. The SMILES string of the molecule is Nc1c(Br)cc(C(=O)C[C@@H](N)C(=O)N2CCC(N3CCc4ccccc4NC3=O)CC2)cc1Br.O=C(O)C(F)(F)F. The smallest absolute Gasteiger partial charge is 0.475 e. The molecule has 10 nitrogen and oxygen atoms in total. The van der Waals surface area contributed by atoms with Gasteiger partial charge in [0.25, 0.3) is 0 Å². The molecule has 1 fully saturated rings. The zero-order chi connectivity index (χ0) is 30.5. The number of para-hydroxylation sites is 1. The number of carbonyl (C=O) groups excluding carboxylic acids is 3. The van der Waals surface area contributed by atoms with Crippen molar-refractivity contribution in [3.63, 3.8) is 0 Å². The van der Waals surface area contributed by atoms with E-state index in [0.717, 1.165) is 17.7 Å². The summed E-state index contributed by atoms with van der Waals surface area (Å²) in [6.45, 7) is 1.64. The number of amides is 3. The van der Waals surface area contributed by atoms with Crippen molar-refractivity contribution in [3.05, 3.63) is 56.5 Å². The lowest BCUT2D eigenvalue weighted by atomic mass is 9.99. The normalized spacial score (nSPS) is 16.5. The Bertz CT molecular complexity index is 1300. The fourth-order valence-corrected chi connectivity index (χ4v) is 5.71. The molecule has 0 aliphatic carbocycles. The van der Waals surface area contributed by atoms with Crippen LogP contribution in [0.1, 0.15) is 35.2 Å². The molecule has 4 rings (SSSR count). The van der Waals surface area contributed by atoms with Gasteiger partial charge in [-0.05, 0) is 74.9 Å². The lowest BCUT2D eigenvalue weighted by Gasteiger charge is -2.38. The third kappa shape index (κ3) is 8.42. The van der Waals surface area contributed by atoms with Gasteiger partial charge in [0.05, 0.1) is 11.7 Å². The third-order valence-electron chi connectivity index (χ3n) is 6.72. The van der Waals surface area contributed by atoms with Crippen LogP contribution in [0.3, 0.4) is 0 Å². The second-order valence-corrected chi connectivity index (χ2v) is 11.2. The van der Waals surface area contributed by atoms with Crippen molar-refractivity contribution in [2.24, 2.45) is 5.73 Å². The fourth-order valence-electron chi connectivity index (χ4n) is 4.52. The Kier molecular flexibility index (Phi) is 10.8. The highest BCUT2D eigenvalue weighted by Crippen LogP contribution is 2.30. The number of benzene rings is 2. The molecule has 1 atom stereocenters. The molecule has 0 aromatic heterocycles. The van der Waals surface area contributed by atoms with E-state index >= 15 is 0 Å². The van der Waals surface area contributed by atoms with Gasteiger partial charge < -0.3 is 31.7 Å². The molecule has 41 heavy (non-hydrogen) atoms. The molecule has 2 aromatic rings. The van der Waals surface area contributed by atoms with Gasteiger partial charge in [-0.1, -0.05) is 18.2 Å². The lowest BCUT2D eigenvalue weighted by Crippen LogP contribution is -2.53. The van der Waals surface area contributed by atoms with Gasteiger partial charge in [-0.2, -0.15) is 13.2 Å². The number of ketones is 1. The summed E-state index contributed by atoms with van der Waals surface area (Å²) in [5, 5.41) is 10.1. The number of nitrogens with zero attached hydrogens (tertiary/aromatic N) is 2. The molecule has 0 radical (unpaired) electrons. The zero-order valence-electron chi connectivity index (χ0n) is 21.6. The van der Waals surface area contributed by atoms with Crippen molar-refractivity contribution in [3.8, 4) is 0 Å². The summed E-state index contributed by atoms with van der Waals surface area (Å²) in [5.41, 5.74) is 14.9. The first-order valence-corrected chi connectivity index (χ1v) is 14.0. The maximum absolute atomic E-state index is 12.9. The second kappa shape index (κ2) is 13.7. The van der Waals surface area contributed by atoms with Crippen LogP contribution in [0.25, 0.3) is 0 Å². The van der Waals surface area contributed by atoms with E-state index < -0.39 is 18.2 Å². The zero-order valence-corrected chi connectivity index (χ0v) is 24.8. The molecule has 15 heteroatoms. The van der Waals surface area contributed by atoms with Gasteiger partial charge in [0, 0.05) is 52.3 Å². The number of Topliss-reactive ketones (excluding diaryl/α,β-unsaturated/α-hetero) is 1. The molecular formula is C26H28Br2F3N5O5. The Labute approximate surface area is 250 Å². The number of anilines is 2. The van der Waals surface area contributed by atoms with E-state index in [0.29, 0.717) is 52.7 Å². The largest absolute Gasteiger partial charge is 0.490 e. The molecular weight excluding hydrogens is 679 g/mol. The van der Waals surface area contributed by atoms with E-state index in [4.69, 9.17) is 21.4 Å². The highest BCUT2D eigenvalue weighted by Gasteiger charge is 2.38. The second-order valence-electron chi connectivity index (χ2n) is 9.48. The number of halogens is 5. The average Bonchev–Trinajstić information content (AvgIpc) is 3.08. The number of aliphatic carboxylic acids is 1. The number of hydrogen-bond acceptors (Lipinski definition) is 6. The van der Waals surface area contributed by atoms with Gasteiger partial charge in [0.1, 0.15) is 0 Å². The molecule has 2 heterocycles. The Balaban J connectivity index is 0.000000587. The Morgan fingerprint density at radius 2 is 1.63 bits per heavy atom. The number of nitrogen functional groups attached to an aromatic ring is 1. The van der Waals surface area contributed by atoms with Crippen LogP contribution in [0.4, 0.5) is 29.3 Å². The summed E-state index contributed by atoms with van der Waals surface area (Å²) in [7, 11) is 0. The number of likely N-dealkylation sites (tertiary alicyclic amines) is 1. The number of carbonyl (C=O) groups is 4. The minimum Gasteiger partial charge on any atom is -0.475 e. The Morgan fingerprint density at radius 3 is 2.20 bits per heavy atom. The van der Waals surface area contributed by atoms with Gasteiger partial charge >= 0.3 is 18.2 Å². The number of rotatable bonds is 5. The van der Waals surface area contributed by atoms with Gasteiger partial charge in [-0.3, -0.25) is 9.59 Å². The van der Waals surface area contributed by atoms with E-state index in [1.54, 1.807) is 17.0 Å². The molecule has 3 amide bonds. The predicted molar refractivity (Wildman–Crippen MR) is 152 cm³/mol. The molecule has 0 unspecified atom stereocenters. The van der Waals surface area contributed by atoms with Crippen molar-refractivity contribution in [2.75, 3.05) is 30.7 Å².